The number of benzene rings is 2. The van der Waals surface area contributed by atoms with E-state index in [0.29, 0.717) is 0 Å². The van der Waals surface area contributed by atoms with E-state index in [1.54, 1.807) is 0 Å². The van der Waals surface area contributed by atoms with Crippen LogP contribution in [0, 0.1) is 17.9 Å². The van der Waals surface area contributed by atoms with E-state index in [-0.39, 0.29) is 23.5 Å². The zero-order chi connectivity index (χ0) is 21.2. The molecule has 0 bridgehead atoms. The molecule has 5 heteroatoms. The minimum atomic E-state index is -0.221. The first-order valence-electron chi connectivity index (χ1n) is 9.12. The van der Waals surface area contributed by atoms with Crippen LogP contribution in [0.2, 0.25) is 0 Å². The van der Waals surface area contributed by atoms with Gasteiger partial charge in [-0.2, -0.15) is 43.3 Å². The summed E-state index contributed by atoms with van der Waals surface area (Å²) in [5.74, 6) is 0.161. The second-order valence-electron chi connectivity index (χ2n) is 7.51. The molecule has 156 valence electrons. The van der Waals surface area contributed by atoms with E-state index < -0.39 is 0 Å². The Morgan fingerprint density at radius 1 is 1.11 bits per heavy atom. The molecule has 3 rings (SSSR count). The van der Waals surface area contributed by atoms with Gasteiger partial charge in [-0.1, -0.05) is 51.1 Å². The molecule has 1 amide bonds. The first-order chi connectivity index (χ1) is 13.4. The van der Waals surface area contributed by atoms with Gasteiger partial charge < -0.3 is 6.42 Å². The second kappa shape index (κ2) is 12.1. The molecular formula is C23H29BrCuN2O-. The summed E-state index contributed by atoms with van der Waals surface area (Å²) in [6.45, 7) is 8.51. The quantitative estimate of drug-likeness (QED) is 0.321. The van der Waals surface area contributed by atoms with Crippen molar-refractivity contribution in [3.8, 4) is 0 Å². The number of likely N-dealkylation sites (N-methyl/N-ethyl adjacent to an activating group) is 1. The average molecular weight is 493 g/mol. The van der Waals surface area contributed by atoms with Gasteiger partial charge in [0.1, 0.15) is 0 Å². The predicted molar refractivity (Wildman–Crippen MR) is 116 cm³/mol. The molecular weight excluding hydrogens is 464 g/mol. The van der Waals surface area contributed by atoms with E-state index in [1.807, 2.05) is 92.2 Å². The standard InChI is InChI=1S/C17H24N2O.C6H5.BrH.Cu/c1-6-12-19-14(13-10-8-7-9-11-13)15(20)18(5)16(19)17(2,3)4;1-2-4-6-5-3-1;;/h6-12,14,16H,1-5H3;1-5H;1H;/q;-1;;+1/p-1/b19-12+;;;/t14-,16+;;;/m1.../s1. The maximum atomic E-state index is 12.7. The zero-order valence-electron chi connectivity index (χ0n) is 17.1. The van der Waals surface area contributed by atoms with Gasteiger partial charge in [0.15, 0.2) is 0 Å². The summed E-state index contributed by atoms with van der Waals surface area (Å²) >= 11 is 6.50. The van der Waals surface area contributed by atoms with Crippen LogP contribution in [-0.2, 0) is 19.0 Å². The van der Waals surface area contributed by atoms with E-state index in [0.717, 1.165) is 5.56 Å². The Balaban J connectivity index is 0.000000411. The smallest absolute Gasteiger partial charge is 0.171 e. The summed E-state index contributed by atoms with van der Waals surface area (Å²) in [7, 11) is 1.90. The second-order valence-corrected chi connectivity index (χ2v) is 7.51. The van der Waals surface area contributed by atoms with Crippen molar-refractivity contribution in [2.45, 2.75) is 39.9 Å². The number of halogens is 1. The monoisotopic (exact) mass is 491 g/mol. The van der Waals surface area contributed by atoms with Gasteiger partial charge in [-0.25, -0.2) is 4.58 Å². The van der Waals surface area contributed by atoms with Gasteiger partial charge in [-0.3, -0.25) is 9.69 Å². The molecule has 3 nitrogen and oxygen atoms in total. The summed E-state index contributed by atoms with van der Waals surface area (Å²) < 4.78 is 2.18. The van der Waals surface area contributed by atoms with Gasteiger partial charge in [0, 0.05) is 24.2 Å². The van der Waals surface area contributed by atoms with E-state index >= 15 is 0 Å². The molecule has 1 fully saturated rings. The predicted octanol–water partition coefficient (Wildman–Crippen LogP) is 5.21. The molecule has 0 radical (unpaired) electrons. The Kier molecular flexibility index (Phi) is 10.6. The van der Waals surface area contributed by atoms with Gasteiger partial charge in [0.05, 0.1) is 0 Å². The molecule has 28 heavy (non-hydrogen) atoms. The zero-order valence-corrected chi connectivity index (χ0v) is 19.6. The Morgan fingerprint density at radius 3 is 2.04 bits per heavy atom. The Bertz CT molecular complexity index is 703. The van der Waals surface area contributed by atoms with E-state index in [9.17, 15) is 4.79 Å². The van der Waals surface area contributed by atoms with E-state index in [1.165, 1.54) is 0 Å². The molecule has 1 heterocycles. The molecule has 0 N–H and O–H groups in total. The molecule has 1 saturated heterocycles. The van der Waals surface area contributed by atoms with Crippen LogP contribution in [0.5, 0.6) is 0 Å². The van der Waals surface area contributed by atoms with Crippen molar-refractivity contribution < 1.29 is 23.6 Å². The van der Waals surface area contributed by atoms with Gasteiger partial charge in [0.2, 0.25) is 6.17 Å². The van der Waals surface area contributed by atoms with E-state index in [2.05, 4.69) is 59.7 Å². The fraction of sp³-hybridized carbons (Fsp3) is 0.348. The number of amides is 1. The first kappa shape index (κ1) is 24.5. The summed E-state index contributed by atoms with van der Waals surface area (Å²) in [6, 6.07) is 22.3. The average Bonchev–Trinajstić information content (AvgIpc) is 2.96. The van der Waals surface area contributed by atoms with Crippen molar-refractivity contribution in [1.82, 2.24) is 4.90 Å². The molecule has 0 aromatic heterocycles. The molecule has 1 aliphatic heterocycles. The first-order valence-corrected chi connectivity index (χ1v) is 11.4. The number of carbonyl (C=O) groups excluding carboxylic acids is 1. The Morgan fingerprint density at radius 2 is 1.64 bits per heavy atom. The van der Waals surface area contributed by atoms with Crippen LogP contribution in [-0.4, -0.2) is 34.8 Å². The number of hydrogen-bond donors (Lipinski definition) is 0. The minimum absolute atomic E-state index is 0.00650. The Labute approximate surface area is 185 Å². The summed E-state index contributed by atoms with van der Waals surface area (Å²) in [4.78, 5) is 14.6. The largest absolute Gasteiger partial charge is 0.184 e. The summed E-state index contributed by atoms with van der Waals surface area (Å²) in [5, 5.41) is 0. The molecule has 0 aliphatic carbocycles. The number of carbonyl (C=O) groups is 1. The van der Waals surface area contributed by atoms with Crippen molar-refractivity contribution >= 4 is 26.2 Å². The van der Waals surface area contributed by atoms with Gasteiger partial charge >= 0.3 is 34.2 Å². The number of nitrogens with zero attached hydrogens (tertiary/aromatic N) is 2. The minimum Gasteiger partial charge on any atom is -0.184 e. The van der Waals surface area contributed by atoms with Crippen LogP contribution in [0.25, 0.3) is 0 Å². The van der Waals surface area contributed by atoms with Crippen LogP contribution in [0.3, 0.4) is 0 Å². The van der Waals surface area contributed by atoms with Gasteiger partial charge in [-0.05, 0) is 0 Å². The van der Waals surface area contributed by atoms with Crippen LogP contribution in [0.15, 0.2) is 60.7 Å². The third kappa shape index (κ3) is 6.51. The maximum Gasteiger partial charge on any atom is -0.171 e. The number of hydrogen-bond acceptors (Lipinski definition) is 1. The normalized spacial score (nSPS) is 20.1. The van der Waals surface area contributed by atoms with Crippen molar-refractivity contribution in [2.24, 2.45) is 5.41 Å². The summed E-state index contributed by atoms with van der Waals surface area (Å²) in [6.07, 6.45) is 4.10. The molecule has 2 aromatic rings. The van der Waals surface area contributed by atoms with Gasteiger partial charge in [0.25, 0.3) is 6.04 Å². The fourth-order valence-electron chi connectivity index (χ4n) is 3.44. The molecule has 0 saturated carbocycles. The topological polar surface area (TPSA) is 23.3 Å². The van der Waals surface area contributed by atoms with Crippen LogP contribution < -0.4 is 0 Å². The molecule has 2 aromatic carbocycles. The van der Waals surface area contributed by atoms with Crippen LogP contribution in [0.1, 0.15) is 39.3 Å². The van der Waals surface area contributed by atoms with Crippen molar-refractivity contribution in [2.75, 3.05) is 7.05 Å². The Hall–Kier alpha value is -1.55. The number of rotatable bonds is 2. The van der Waals surface area contributed by atoms with Crippen LogP contribution in [0.4, 0.5) is 0 Å². The van der Waals surface area contributed by atoms with Crippen LogP contribution >= 0.6 is 14.1 Å². The molecule has 0 unspecified atom stereocenters. The van der Waals surface area contributed by atoms with Crippen molar-refractivity contribution in [3.05, 3.63) is 78.7 Å². The van der Waals surface area contributed by atoms with E-state index in [4.69, 9.17) is 0 Å². The van der Waals surface area contributed by atoms with Gasteiger partial charge in [-0.15, -0.1) is 0 Å². The molecule has 1 aliphatic rings. The maximum absolute atomic E-state index is 12.7. The third-order valence-electron chi connectivity index (χ3n) is 4.35. The molecule has 2 atom stereocenters. The molecule has 0 spiro atoms. The third-order valence-corrected chi connectivity index (χ3v) is 4.35. The SMILES string of the molecule is C[CH-]/C=[N+]1\[C@H](c2ccccc2)C(=O)N(C)[C@@H]1C(C)(C)C.[Cu][Br].[c-]1ccccc1. The van der Waals surface area contributed by atoms with Crippen molar-refractivity contribution in [1.29, 1.82) is 0 Å². The fourth-order valence-corrected chi connectivity index (χ4v) is 3.44. The van der Waals surface area contributed by atoms with Crippen molar-refractivity contribution in [3.63, 3.8) is 0 Å². The summed E-state index contributed by atoms with van der Waals surface area (Å²) in [5.41, 5.74) is 1.04.